The molecule has 58 valence electrons. The van der Waals surface area contributed by atoms with Gasteiger partial charge in [-0.15, -0.1) is 11.3 Å². The van der Waals surface area contributed by atoms with Crippen LogP contribution in [-0.4, -0.2) is 10.8 Å². The summed E-state index contributed by atoms with van der Waals surface area (Å²) >= 11 is 4.73. The first-order valence-electron chi connectivity index (χ1n) is 3.46. The Morgan fingerprint density at radius 1 is 1.45 bits per heavy atom. The van der Waals surface area contributed by atoms with Crippen molar-refractivity contribution in [1.82, 2.24) is 4.98 Å². The first-order chi connectivity index (χ1) is 5.27. The summed E-state index contributed by atoms with van der Waals surface area (Å²) in [5.41, 5.74) is 0.984. The van der Waals surface area contributed by atoms with Gasteiger partial charge in [0.15, 0.2) is 9.70 Å². The van der Waals surface area contributed by atoms with Gasteiger partial charge in [0.25, 0.3) is 0 Å². The zero-order valence-corrected chi connectivity index (χ0v) is 8.17. The molecule has 0 saturated heterocycles. The Bertz CT molecular complexity index is 307. The molecule has 2 rings (SSSR count). The predicted octanol–water partition coefficient (Wildman–Crippen LogP) is 2.42. The van der Waals surface area contributed by atoms with Gasteiger partial charge in [-0.05, 0) is 28.8 Å². The molecule has 0 saturated carbocycles. The second-order valence-corrected chi connectivity index (χ2v) is 4.79. The lowest BCUT2D eigenvalue weighted by Crippen LogP contribution is -2.07. The maximum atomic E-state index is 11.2. The first-order valence-corrected chi connectivity index (χ1v) is 5.07. The lowest BCUT2D eigenvalue weighted by Gasteiger charge is -2.05. The molecule has 4 heteroatoms. The molecule has 0 N–H and O–H groups in total. The molecule has 2 nitrogen and oxygen atoms in total. The van der Waals surface area contributed by atoms with Crippen LogP contribution in [0.2, 0.25) is 0 Å². The second kappa shape index (κ2) is 2.68. The molecule has 0 unspecified atom stereocenters. The van der Waals surface area contributed by atoms with Gasteiger partial charge in [-0.1, -0.05) is 0 Å². The molecular weight excluding hydrogens is 226 g/mol. The van der Waals surface area contributed by atoms with Crippen molar-refractivity contribution in [3.63, 3.8) is 0 Å². The fourth-order valence-electron chi connectivity index (χ4n) is 1.24. The second-order valence-electron chi connectivity index (χ2n) is 2.52. The third kappa shape index (κ3) is 1.25. The summed E-state index contributed by atoms with van der Waals surface area (Å²) in [4.78, 5) is 16.3. The van der Waals surface area contributed by atoms with E-state index in [-0.39, 0.29) is 5.78 Å². The Balaban J connectivity index is 2.52. The van der Waals surface area contributed by atoms with Gasteiger partial charge >= 0.3 is 0 Å². The number of halogens is 1. The van der Waals surface area contributed by atoms with E-state index in [0.717, 1.165) is 27.3 Å². The Morgan fingerprint density at radius 3 is 3.00 bits per heavy atom. The number of hydrogen-bond donors (Lipinski definition) is 0. The average Bonchev–Trinajstić information content (AvgIpc) is 2.31. The number of carbonyl (C=O) groups is 1. The predicted molar refractivity (Wildman–Crippen MR) is 47.1 cm³/mol. The van der Waals surface area contributed by atoms with Crippen LogP contribution < -0.4 is 0 Å². The number of ketones is 1. The van der Waals surface area contributed by atoms with Crippen LogP contribution >= 0.6 is 27.3 Å². The monoisotopic (exact) mass is 231 g/mol. The Hall–Kier alpha value is -0.220. The zero-order valence-electron chi connectivity index (χ0n) is 5.76. The van der Waals surface area contributed by atoms with Gasteiger partial charge in [0, 0.05) is 6.42 Å². The molecule has 11 heavy (non-hydrogen) atoms. The SMILES string of the molecule is O=C1CCCc2nc(Br)sc21. The summed E-state index contributed by atoms with van der Waals surface area (Å²) in [6.07, 6.45) is 2.62. The normalized spacial score (nSPS) is 16.6. The largest absolute Gasteiger partial charge is 0.293 e. The van der Waals surface area contributed by atoms with E-state index in [1.807, 2.05) is 0 Å². The Morgan fingerprint density at radius 2 is 2.27 bits per heavy atom. The molecule has 0 radical (unpaired) electrons. The van der Waals surface area contributed by atoms with E-state index in [4.69, 9.17) is 0 Å². The van der Waals surface area contributed by atoms with Crippen molar-refractivity contribution < 1.29 is 4.79 Å². The lowest BCUT2D eigenvalue weighted by molar-refractivity contribution is 0.0976. The minimum absolute atomic E-state index is 0.259. The van der Waals surface area contributed by atoms with Crippen LogP contribution in [0.4, 0.5) is 0 Å². The van der Waals surface area contributed by atoms with Crippen LogP contribution in [0.25, 0.3) is 0 Å². The molecular formula is C7H6BrNOS. The van der Waals surface area contributed by atoms with Crippen molar-refractivity contribution in [3.8, 4) is 0 Å². The van der Waals surface area contributed by atoms with Crippen LogP contribution in [0.15, 0.2) is 3.92 Å². The molecule has 0 atom stereocenters. The molecule has 1 aromatic rings. The highest BCUT2D eigenvalue weighted by Crippen LogP contribution is 2.29. The van der Waals surface area contributed by atoms with Crippen LogP contribution in [0, 0.1) is 0 Å². The Labute approximate surface area is 76.8 Å². The third-order valence-corrected chi connectivity index (χ3v) is 3.33. The number of carbonyl (C=O) groups excluding carboxylic acids is 1. The molecule has 0 aromatic carbocycles. The van der Waals surface area contributed by atoms with E-state index in [0.29, 0.717) is 6.42 Å². The van der Waals surface area contributed by atoms with Crippen LogP contribution in [-0.2, 0) is 6.42 Å². The maximum Gasteiger partial charge on any atom is 0.174 e. The average molecular weight is 232 g/mol. The van der Waals surface area contributed by atoms with Gasteiger partial charge in [-0.3, -0.25) is 4.79 Å². The summed E-state index contributed by atoms with van der Waals surface area (Å²) in [6.45, 7) is 0. The van der Waals surface area contributed by atoms with Crippen LogP contribution in [0.3, 0.4) is 0 Å². The highest BCUT2D eigenvalue weighted by atomic mass is 79.9. The molecule has 0 aliphatic heterocycles. The van der Waals surface area contributed by atoms with Crippen molar-refractivity contribution in [1.29, 1.82) is 0 Å². The first kappa shape index (κ1) is 7.43. The molecule has 1 aliphatic rings. The van der Waals surface area contributed by atoms with E-state index in [1.165, 1.54) is 11.3 Å². The Kier molecular flexibility index (Phi) is 1.81. The van der Waals surface area contributed by atoms with Crippen molar-refractivity contribution in [2.45, 2.75) is 19.3 Å². The number of aryl methyl sites for hydroxylation is 1. The maximum absolute atomic E-state index is 11.2. The fraction of sp³-hybridized carbons (Fsp3) is 0.429. The van der Waals surface area contributed by atoms with Gasteiger partial charge in [-0.2, -0.15) is 0 Å². The molecule has 1 aromatic heterocycles. The highest BCUT2D eigenvalue weighted by Gasteiger charge is 2.20. The molecule has 0 spiro atoms. The number of hydrogen-bond acceptors (Lipinski definition) is 3. The number of nitrogens with zero attached hydrogens (tertiary/aromatic N) is 1. The van der Waals surface area contributed by atoms with Crippen molar-refractivity contribution in [2.24, 2.45) is 0 Å². The summed E-state index contributed by atoms with van der Waals surface area (Å²) in [7, 11) is 0. The smallest absolute Gasteiger partial charge is 0.174 e. The quantitative estimate of drug-likeness (QED) is 0.687. The zero-order chi connectivity index (χ0) is 7.84. The number of rotatable bonds is 0. The van der Waals surface area contributed by atoms with E-state index in [2.05, 4.69) is 20.9 Å². The summed E-state index contributed by atoms with van der Waals surface area (Å²) in [6, 6.07) is 0. The summed E-state index contributed by atoms with van der Waals surface area (Å²) in [5.74, 6) is 0.259. The van der Waals surface area contributed by atoms with Crippen LogP contribution in [0.1, 0.15) is 28.2 Å². The van der Waals surface area contributed by atoms with E-state index < -0.39 is 0 Å². The number of Topliss-reactive ketones (excluding diaryl/α,β-unsaturated/α-hetero) is 1. The van der Waals surface area contributed by atoms with Gasteiger partial charge in [0.05, 0.1) is 10.6 Å². The molecule has 1 aliphatic carbocycles. The van der Waals surface area contributed by atoms with Crippen molar-refractivity contribution in [3.05, 3.63) is 14.5 Å². The highest BCUT2D eigenvalue weighted by molar-refractivity contribution is 9.11. The fourth-order valence-corrected chi connectivity index (χ4v) is 2.75. The topological polar surface area (TPSA) is 30.0 Å². The van der Waals surface area contributed by atoms with E-state index in [1.54, 1.807) is 0 Å². The molecule has 1 heterocycles. The molecule has 0 amide bonds. The van der Waals surface area contributed by atoms with Crippen LogP contribution in [0.5, 0.6) is 0 Å². The number of fused-ring (bicyclic) bond motifs is 1. The standard InChI is InChI=1S/C7H6BrNOS/c8-7-9-4-2-1-3-5(10)6(4)11-7/h1-3H2. The third-order valence-electron chi connectivity index (χ3n) is 1.74. The van der Waals surface area contributed by atoms with Crippen molar-refractivity contribution >= 4 is 33.0 Å². The number of aromatic nitrogens is 1. The summed E-state index contributed by atoms with van der Waals surface area (Å²) in [5, 5.41) is 0. The van der Waals surface area contributed by atoms with E-state index in [9.17, 15) is 4.79 Å². The molecule has 0 bridgehead atoms. The van der Waals surface area contributed by atoms with Gasteiger partial charge < -0.3 is 0 Å². The number of thiazole rings is 1. The minimum atomic E-state index is 0.259. The minimum Gasteiger partial charge on any atom is -0.293 e. The van der Waals surface area contributed by atoms with Gasteiger partial charge in [0.1, 0.15) is 0 Å². The molecule has 0 fully saturated rings. The van der Waals surface area contributed by atoms with Gasteiger partial charge in [0.2, 0.25) is 0 Å². The lowest BCUT2D eigenvalue weighted by atomic mass is 10.0. The van der Waals surface area contributed by atoms with Gasteiger partial charge in [-0.25, -0.2) is 4.98 Å². The van der Waals surface area contributed by atoms with Crippen molar-refractivity contribution in [2.75, 3.05) is 0 Å². The summed E-state index contributed by atoms with van der Waals surface area (Å²) < 4.78 is 0.831. The van der Waals surface area contributed by atoms with E-state index >= 15 is 0 Å².